The first-order valence-electron chi connectivity index (χ1n) is 5.42. The van der Waals surface area contributed by atoms with Gasteiger partial charge in [-0.1, -0.05) is 28.1 Å². The van der Waals surface area contributed by atoms with Gasteiger partial charge in [-0.2, -0.15) is 5.26 Å². The molecule has 0 radical (unpaired) electrons. The Hall–Kier alpha value is -0.850. The number of benzene rings is 1. The molecule has 0 N–H and O–H groups in total. The molecule has 0 aliphatic heterocycles. The molecule has 1 aromatic rings. The van der Waals surface area contributed by atoms with Crippen LogP contribution in [0.1, 0.15) is 24.4 Å². The summed E-state index contributed by atoms with van der Waals surface area (Å²) in [5.74, 6) is 0. The van der Waals surface area contributed by atoms with Gasteiger partial charge in [0.2, 0.25) is 0 Å². The van der Waals surface area contributed by atoms with Gasteiger partial charge in [-0.3, -0.25) is 0 Å². The first kappa shape index (κ1) is 11.6. The summed E-state index contributed by atoms with van der Waals surface area (Å²) >= 11 is 3.49. The number of nitrogens with zero attached hydrogens (tertiary/aromatic N) is 2. The summed E-state index contributed by atoms with van der Waals surface area (Å²) in [6.07, 6.45) is 2.03. The van der Waals surface area contributed by atoms with Gasteiger partial charge in [-0.05, 0) is 44.6 Å². The zero-order valence-corrected chi connectivity index (χ0v) is 11.2. The van der Waals surface area contributed by atoms with Crippen LogP contribution in [0.3, 0.4) is 0 Å². The van der Waals surface area contributed by atoms with Crippen molar-refractivity contribution in [2.75, 3.05) is 14.1 Å². The molecule has 2 nitrogen and oxygen atoms in total. The summed E-state index contributed by atoms with van der Waals surface area (Å²) in [5, 5.41) is 9.32. The van der Waals surface area contributed by atoms with Crippen LogP contribution in [0.4, 0.5) is 0 Å². The maximum Gasteiger partial charge on any atom is 0.0771 e. The molecular weight excluding hydrogens is 264 g/mol. The van der Waals surface area contributed by atoms with E-state index in [1.54, 1.807) is 0 Å². The lowest BCUT2D eigenvalue weighted by Crippen LogP contribution is -2.27. The van der Waals surface area contributed by atoms with Crippen LogP contribution in [0.15, 0.2) is 28.7 Å². The molecule has 2 rings (SSSR count). The van der Waals surface area contributed by atoms with Crippen LogP contribution in [0, 0.1) is 16.7 Å². The molecule has 1 saturated carbocycles. The second kappa shape index (κ2) is 4.20. The highest BCUT2D eigenvalue weighted by Crippen LogP contribution is 2.56. The predicted molar refractivity (Wildman–Crippen MR) is 67.9 cm³/mol. The van der Waals surface area contributed by atoms with Gasteiger partial charge in [-0.15, -0.1) is 0 Å². The highest BCUT2D eigenvalue weighted by atomic mass is 79.9. The third kappa shape index (κ3) is 2.00. The van der Waals surface area contributed by atoms with Crippen molar-refractivity contribution < 1.29 is 0 Å². The minimum absolute atomic E-state index is 0.162. The number of hydrogen-bond acceptors (Lipinski definition) is 2. The molecule has 1 atom stereocenters. The van der Waals surface area contributed by atoms with Gasteiger partial charge in [0.25, 0.3) is 0 Å². The topological polar surface area (TPSA) is 27.0 Å². The largest absolute Gasteiger partial charge is 0.301 e. The van der Waals surface area contributed by atoms with Gasteiger partial charge in [0, 0.05) is 4.47 Å². The molecule has 3 heteroatoms. The minimum atomic E-state index is -0.162. The van der Waals surface area contributed by atoms with Gasteiger partial charge in [0.1, 0.15) is 0 Å². The Morgan fingerprint density at radius 1 is 1.44 bits per heavy atom. The number of hydrogen-bond donors (Lipinski definition) is 0. The summed E-state index contributed by atoms with van der Waals surface area (Å²) in [6.45, 7) is 0. The molecular formula is C13H15BrN2. The standard InChI is InChI=1S/C13H15BrN2/c1-16(2)12(13(9-15)6-7-13)10-4-3-5-11(14)8-10/h3-5,8,12H,6-7H2,1-2H3. The molecule has 1 aliphatic carbocycles. The molecule has 0 saturated heterocycles. The van der Waals surface area contributed by atoms with E-state index >= 15 is 0 Å². The van der Waals surface area contributed by atoms with Crippen molar-refractivity contribution in [3.8, 4) is 6.07 Å². The summed E-state index contributed by atoms with van der Waals surface area (Å²) < 4.78 is 1.07. The maximum atomic E-state index is 9.32. The Balaban J connectivity index is 2.38. The zero-order valence-electron chi connectivity index (χ0n) is 9.57. The molecule has 1 fully saturated rings. The second-order valence-electron chi connectivity index (χ2n) is 4.69. The third-order valence-corrected chi connectivity index (χ3v) is 3.71. The fourth-order valence-corrected chi connectivity index (χ4v) is 2.79. The molecule has 0 amide bonds. The summed E-state index contributed by atoms with van der Waals surface area (Å²) in [7, 11) is 4.09. The van der Waals surface area contributed by atoms with Crippen molar-refractivity contribution in [2.24, 2.45) is 5.41 Å². The fourth-order valence-electron chi connectivity index (χ4n) is 2.37. The van der Waals surface area contributed by atoms with Gasteiger partial charge >= 0.3 is 0 Å². The number of halogens is 1. The van der Waals surface area contributed by atoms with E-state index < -0.39 is 0 Å². The van der Waals surface area contributed by atoms with Crippen LogP contribution in [-0.4, -0.2) is 19.0 Å². The first-order chi connectivity index (χ1) is 7.59. The van der Waals surface area contributed by atoms with Crippen molar-refractivity contribution >= 4 is 15.9 Å². The molecule has 0 spiro atoms. The minimum Gasteiger partial charge on any atom is -0.301 e. The highest BCUT2D eigenvalue weighted by molar-refractivity contribution is 9.10. The van der Waals surface area contributed by atoms with Crippen molar-refractivity contribution in [1.82, 2.24) is 4.90 Å². The summed E-state index contributed by atoms with van der Waals surface area (Å²) in [6, 6.07) is 11.0. The average Bonchev–Trinajstić information content (AvgIpc) is 2.99. The van der Waals surface area contributed by atoms with E-state index in [-0.39, 0.29) is 11.5 Å². The van der Waals surface area contributed by atoms with Crippen LogP contribution in [-0.2, 0) is 0 Å². The Kier molecular flexibility index (Phi) is 3.05. The molecule has 0 heterocycles. The van der Waals surface area contributed by atoms with E-state index in [0.29, 0.717) is 0 Å². The fraction of sp³-hybridized carbons (Fsp3) is 0.462. The van der Waals surface area contributed by atoms with Crippen LogP contribution >= 0.6 is 15.9 Å². The van der Waals surface area contributed by atoms with E-state index in [0.717, 1.165) is 17.3 Å². The Morgan fingerprint density at radius 3 is 2.56 bits per heavy atom. The maximum absolute atomic E-state index is 9.32. The molecule has 0 aromatic heterocycles. The van der Waals surface area contributed by atoms with Gasteiger partial charge in [0.15, 0.2) is 0 Å². The summed E-state index contributed by atoms with van der Waals surface area (Å²) in [5.41, 5.74) is 1.06. The van der Waals surface area contributed by atoms with E-state index in [2.05, 4.69) is 39.0 Å². The van der Waals surface area contributed by atoms with E-state index in [1.807, 2.05) is 26.2 Å². The quantitative estimate of drug-likeness (QED) is 0.848. The van der Waals surface area contributed by atoms with Crippen LogP contribution in [0.25, 0.3) is 0 Å². The third-order valence-electron chi connectivity index (χ3n) is 3.22. The lowest BCUT2D eigenvalue weighted by molar-refractivity contribution is 0.232. The van der Waals surface area contributed by atoms with E-state index in [4.69, 9.17) is 0 Å². The molecule has 1 unspecified atom stereocenters. The Labute approximate surface area is 105 Å². The molecule has 1 aliphatic rings. The van der Waals surface area contributed by atoms with Crippen LogP contribution in [0.2, 0.25) is 0 Å². The lowest BCUT2D eigenvalue weighted by Gasteiger charge is -2.29. The van der Waals surface area contributed by atoms with Crippen LogP contribution < -0.4 is 0 Å². The van der Waals surface area contributed by atoms with Crippen molar-refractivity contribution in [1.29, 1.82) is 5.26 Å². The zero-order chi connectivity index (χ0) is 11.8. The monoisotopic (exact) mass is 278 g/mol. The molecule has 1 aromatic carbocycles. The van der Waals surface area contributed by atoms with Crippen molar-refractivity contribution in [3.05, 3.63) is 34.3 Å². The Morgan fingerprint density at radius 2 is 2.12 bits per heavy atom. The van der Waals surface area contributed by atoms with Gasteiger partial charge in [0.05, 0.1) is 17.5 Å². The van der Waals surface area contributed by atoms with E-state index in [9.17, 15) is 5.26 Å². The summed E-state index contributed by atoms with van der Waals surface area (Å²) in [4.78, 5) is 2.15. The smallest absolute Gasteiger partial charge is 0.0771 e. The van der Waals surface area contributed by atoms with Crippen molar-refractivity contribution in [2.45, 2.75) is 18.9 Å². The molecule has 0 bridgehead atoms. The van der Waals surface area contributed by atoms with Crippen molar-refractivity contribution in [3.63, 3.8) is 0 Å². The lowest BCUT2D eigenvalue weighted by atomic mass is 9.90. The van der Waals surface area contributed by atoms with Gasteiger partial charge in [-0.25, -0.2) is 0 Å². The average molecular weight is 279 g/mol. The normalized spacial score (nSPS) is 19.2. The van der Waals surface area contributed by atoms with E-state index in [1.165, 1.54) is 5.56 Å². The van der Waals surface area contributed by atoms with Crippen LogP contribution in [0.5, 0.6) is 0 Å². The van der Waals surface area contributed by atoms with Gasteiger partial charge < -0.3 is 4.90 Å². The predicted octanol–water partition coefficient (Wildman–Crippen LogP) is 3.36. The molecule has 84 valence electrons. The SMILES string of the molecule is CN(C)C(c1cccc(Br)c1)C1(C#N)CC1. The number of rotatable bonds is 3. The Bertz CT molecular complexity index is 430. The second-order valence-corrected chi connectivity index (χ2v) is 5.60. The first-order valence-corrected chi connectivity index (χ1v) is 6.21. The highest BCUT2D eigenvalue weighted by Gasteiger charge is 2.51. The number of nitriles is 1. The molecule has 16 heavy (non-hydrogen) atoms.